The molecule has 5 heteroatoms. The summed E-state index contributed by atoms with van der Waals surface area (Å²) in [5, 5.41) is 2.90. The van der Waals surface area contributed by atoms with Gasteiger partial charge in [0.2, 0.25) is 5.91 Å². The number of carbonyl (C=O) groups is 1. The molecule has 18 heavy (non-hydrogen) atoms. The van der Waals surface area contributed by atoms with E-state index in [1.165, 1.54) is 0 Å². The number of carbonyl (C=O) groups excluding carboxylic acids is 1. The summed E-state index contributed by atoms with van der Waals surface area (Å²) in [5.74, 6) is 0.0809. The molecule has 1 amide bonds. The van der Waals surface area contributed by atoms with Crippen LogP contribution in [0.25, 0.3) is 0 Å². The molecular formula is C13H26N2O3. The third-order valence-corrected chi connectivity index (χ3v) is 2.84. The second-order valence-electron chi connectivity index (χ2n) is 4.90. The summed E-state index contributed by atoms with van der Waals surface area (Å²) in [6, 6.07) is 0.196. The van der Waals surface area contributed by atoms with Gasteiger partial charge in [-0.15, -0.1) is 0 Å². The summed E-state index contributed by atoms with van der Waals surface area (Å²) in [4.78, 5) is 13.8. The maximum Gasteiger partial charge on any atom is 0.234 e. The minimum absolute atomic E-state index is 0.0809. The molecule has 0 radical (unpaired) electrons. The van der Waals surface area contributed by atoms with E-state index in [1.807, 2.05) is 13.8 Å². The Morgan fingerprint density at radius 1 is 1.39 bits per heavy atom. The average Bonchev–Trinajstić information content (AvgIpc) is 2.34. The number of ether oxygens (including phenoxy) is 2. The first-order valence-corrected chi connectivity index (χ1v) is 6.86. The van der Waals surface area contributed by atoms with E-state index in [0.29, 0.717) is 6.54 Å². The van der Waals surface area contributed by atoms with Crippen LogP contribution in [0, 0.1) is 0 Å². The SMILES string of the molecule is CCN(CCC1OCCCO1)CC(=O)NC(C)C. The Labute approximate surface area is 110 Å². The van der Waals surface area contributed by atoms with Gasteiger partial charge >= 0.3 is 0 Å². The van der Waals surface area contributed by atoms with Gasteiger partial charge in [0.05, 0.1) is 19.8 Å². The van der Waals surface area contributed by atoms with Crippen LogP contribution >= 0.6 is 0 Å². The zero-order valence-corrected chi connectivity index (χ0v) is 11.8. The Morgan fingerprint density at radius 2 is 2.06 bits per heavy atom. The predicted octanol–water partition coefficient (Wildman–Crippen LogP) is 0.986. The topological polar surface area (TPSA) is 50.8 Å². The number of nitrogens with zero attached hydrogens (tertiary/aromatic N) is 1. The third kappa shape index (κ3) is 6.33. The fraction of sp³-hybridized carbons (Fsp3) is 0.923. The molecule has 1 N–H and O–H groups in total. The number of rotatable bonds is 7. The highest BCUT2D eigenvalue weighted by molar-refractivity contribution is 5.78. The van der Waals surface area contributed by atoms with Gasteiger partial charge in [-0.1, -0.05) is 6.92 Å². The molecule has 5 nitrogen and oxygen atoms in total. The zero-order chi connectivity index (χ0) is 13.4. The molecule has 0 atom stereocenters. The Morgan fingerprint density at radius 3 is 2.61 bits per heavy atom. The quantitative estimate of drug-likeness (QED) is 0.740. The largest absolute Gasteiger partial charge is 0.353 e. The Bertz CT molecular complexity index is 240. The van der Waals surface area contributed by atoms with Crippen LogP contribution in [0.3, 0.4) is 0 Å². The zero-order valence-electron chi connectivity index (χ0n) is 11.8. The van der Waals surface area contributed by atoms with Crippen LogP contribution in [0.1, 0.15) is 33.6 Å². The molecule has 0 bridgehead atoms. The lowest BCUT2D eigenvalue weighted by Crippen LogP contribution is -2.41. The standard InChI is InChI=1S/C13H26N2O3/c1-4-15(10-12(16)14-11(2)3)7-6-13-17-8-5-9-18-13/h11,13H,4-10H2,1-3H3,(H,14,16). The van der Waals surface area contributed by atoms with Crippen LogP contribution in [0.4, 0.5) is 0 Å². The molecule has 1 aliphatic heterocycles. The molecule has 0 saturated carbocycles. The molecule has 0 aromatic heterocycles. The summed E-state index contributed by atoms with van der Waals surface area (Å²) in [5.41, 5.74) is 0. The highest BCUT2D eigenvalue weighted by Crippen LogP contribution is 2.09. The summed E-state index contributed by atoms with van der Waals surface area (Å²) in [6.45, 7) is 9.70. The monoisotopic (exact) mass is 258 g/mol. The van der Waals surface area contributed by atoms with Crippen molar-refractivity contribution >= 4 is 5.91 Å². The molecule has 1 heterocycles. The van der Waals surface area contributed by atoms with Crippen molar-refractivity contribution in [2.75, 3.05) is 32.8 Å². The molecule has 0 spiro atoms. The van der Waals surface area contributed by atoms with Gasteiger partial charge in [0.1, 0.15) is 0 Å². The summed E-state index contributed by atoms with van der Waals surface area (Å²) in [6.07, 6.45) is 1.70. The van der Waals surface area contributed by atoms with Gasteiger partial charge in [-0.25, -0.2) is 0 Å². The fourth-order valence-electron chi connectivity index (χ4n) is 1.91. The van der Waals surface area contributed by atoms with Gasteiger partial charge < -0.3 is 14.8 Å². The molecule has 0 aromatic rings. The summed E-state index contributed by atoms with van der Waals surface area (Å²) >= 11 is 0. The second-order valence-corrected chi connectivity index (χ2v) is 4.90. The van der Waals surface area contributed by atoms with Crippen molar-refractivity contribution in [3.63, 3.8) is 0 Å². The lowest BCUT2D eigenvalue weighted by Gasteiger charge is -2.26. The number of amides is 1. The lowest BCUT2D eigenvalue weighted by atomic mass is 10.3. The van der Waals surface area contributed by atoms with E-state index in [2.05, 4.69) is 17.1 Å². The molecule has 106 valence electrons. The van der Waals surface area contributed by atoms with Crippen LogP contribution < -0.4 is 5.32 Å². The van der Waals surface area contributed by atoms with Crippen molar-refractivity contribution < 1.29 is 14.3 Å². The van der Waals surface area contributed by atoms with Crippen molar-refractivity contribution in [1.82, 2.24) is 10.2 Å². The Kier molecular flexibility index (Phi) is 7.23. The minimum Gasteiger partial charge on any atom is -0.353 e. The lowest BCUT2D eigenvalue weighted by molar-refractivity contribution is -0.182. The van der Waals surface area contributed by atoms with Crippen molar-refractivity contribution in [3.05, 3.63) is 0 Å². The number of nitrogens with one attached hydrogen (secondary N) is 1. The minimum atomic E-state index is -0.0963. The molecular weight excluding hydrogens is 232 g/mol. The maximum atomic E-state index is 11.7. The molecule has 0 aliphatic carbocycles. The van der Waals surface area contributed by atoms with Crippen LogP contribution in [0.2, 0.25) is 0 Å². The van der Waals surface area contributed by atoms with E-state index < -0.39 is 0 Å². The maximum absolute atomic E-state index is 11.7. The van der Waals surface area contributed by atoms with E-state index in [9.17, 15) is 4.79 Å². The normalized spacial score (nSPS) is 17.4. The number of likely N-dealkylation sites (N-methyl/N-ethyl adjacent to an activating group) is 1. The van der Waals surface area contributed by atoms with E-state index in [0.717, 1.165) is 39.1 Å². The first-order valence-electron chi connectivity index (χ1n) is 6.86. The van der Waals surface area contributed by atoms with Gasteiger partial charge in [0.15, 0.2) is 6.29 Å². The van der Waals surface area contributed by atoms with Crippen LogP contribution in [0.15, 0.2) is 0 Å². The van der Waals surface area contributed by atoms with E-state index >= 15 is 0 Å². The van der Waals surface area contributed by atoms with Gasteiger partial charge in [-0.3, -0.25) is 9.69 Å². The van der Waals surface area contributed by atoms with Gasteiger partial charge in [0, 0.05) is 19.0 Å². The van der Waals surface area contributed by atoms with Crippen molar-refractivity contribution in [2.24, 2.45) is 0 Å². The average molecular weight is 258 g/mol. The highest BCUT2D eigenvalue weighted by Gasteiger charge is 2.16. The van der Waals surface area contributed by atoms with E-state index in [1.54, 1.807) is 0 Å². The Hall–Kier alpha value is -0.650. The third-order valence-electron chi connectivity index (χ3n) is 2.84. The highest BCUT2D eigenvalue weighted by atomic mass is 16.7. The smallest absolute Gasteiger partial charge is 0.234 e. The first-order chi connectivity index (χ1) is 8.61. The molecule has 0 unspecified atom stereocenters. The van der Waals surface area contributed by atoms with Crippen molar-refractivity contribution in [2.45, 2.75) is 45.9 Å². The number of hydrogen-bond acceptors (Lipinski definition) is 4. The van der Waals surface area contributed by atoms with E-state index in [-0.39, 0.29) is 18.2 Å². The molecule has 1 fully saturated rings. The first kappa shape index (κ1) is 15.4. The van der Waals surface area contributed by atoms with Crippen LogP contribution in [-0.2, 0) is 14.3 Å². The molecule has 1 aliphatic rings. The van der Waals surface area contributed by atoms with Gasteiger partial charge in [-0.2, -0.15) is 0 Å². The number of hydrogen-bond donors (Lipinski definition) is 1. The van der Waals surface area contributed by atoms with Crippen LogP contribution in [-0.4, -0.2) is 56.0 Å². The van der Waals surface area contributed by atoms with Crippen molar-refractivity contribution in [3.8, 4) is 0 Å². The summed E-state index contributed by atoms with van der Waals surface area (Å²) in [7, 11) is 0. The molecule has 1 rings (SSSR count). The van der Waals surface area contributed by atoms with Crippen molar-refractivity contribution in [1.29, 1.82) is 0 Å². The van der Waals surface area contributed by atoms with Gasteiger partial charge in [0.25, 0.3) is 0 Å². The van der Waals surface area contributed by atoms with Crippen LogP contribution in [0.5, 0.6) is 0 Å². The molecule has 1 saturated heterocycles. The van der Waals surface area contributed by atoms with E-state index in [4.69, 9.17) is 9.47 Å². The second kappa shape index (κ2) is 8.45. The molecule has 0 aromatic carbocycles. The fourth-order valence-corrected chi connectivity index (χ4v) is 1.91. The summed E-state index contributed by atoms with van der Waals surface area (Å²) < 4.78 is 11.0. The Balaban J connectivity index is 2.21. The predicted molar refractivity (Wildman–Crippen MR) is 70.3 cm³/mol. The van der Waals surface area contributed by atoms with Gasteiger partial charge in [-0.05, 0) is 26.8 Å².